The second kappa shape index (κ2) is 5.55. The predicted molar refractivity (Wildman–Crippen MR) is 93.9 cm³/mol. The first-order chi connectivity index (χ1) is 12.4. The van der Waals surface area contributed by atoms with E-state index in [9.17, 15) is 14.0 Å². The van der Waals surface area contributed by atoms with E-state index in [1.807, 2.05) is 0 Å². The van der Waals surface area contributed by atoms with E-state index in [0.29, 0.717) is 33.7 Å². The Balaban J connectivity index is 2.20. The number of aromatic nitrogens is 4. The highest BCUT2D eigenvalue weighted by atomic mass is 19.1. The molecule has 4 rings (SSSR count). The van der Waals surface area contributed by atoms with E-state index >= 15 is 0 Å². The van der Waals surface area contributed by atoms with Crippen molar-refractivity contribution in [2.45, 2.75) is 6.92 Å². The SMILES string of the molecule is Cc1cc(-n2cc3c(c2-c2ccc(F)cc2)c(=O)n(C)c(=O)n3C)no1. The van der Waals surface area contributed by atoms with Crippen LogP contribution in [0.3, 0.4) is 0 Å². The zero-order valence-corrected chi connectivity index (χ0v) is 14.4. The number of aryl methyl sites for hydroxylation is 2. The zero-order chi connectivity index (χ0) is 18.6. The molecule has 0 bridgehead atoms. The largest absolute Gasteiger partial charge is 0.360 e. The topological polar surface area (TPSA) is 75.0 Å². The van der Waals surface area contributed by atoms with Crippen LogP contribution >= 0.6 is 0 Å². The van der Waals surface area contributed by atoms with E-state index < -0.39 is 11.2 Å². The lowest BCUT2D eigenvalue weighted by molar-refractivity contribution is 0.395. The van der Waals surface area contributed by atoms with Crippen molar-refractivity contribution in [2.24, 2.45) is 14.1 Å². The van der Waals surface area contributed by atoms with Crippen molar-refractivity contribution in [3.8, 4) is 17.1 Å². The Hall–Kier alpha value is -3.42. The highest BCUT2D eigenvalue weighted by molar-refractivity contribution is 5.94. The highest BCUT2D eigenvalue weighted by Gasteiger charge is 2.21. The van der Waals surface area contributed by atoms with Gasteiger partial charge in [-0.25, -0.2) is 9.18 Å². The molecule has 3 aromatic heterocycles. The summed E-state index contributed by atoms with van der Waals surface area (Å²) in [5.41, 5.74) is 0.739. The van der Waals surface area contributed by atoms with E-state index in [1.54, 1.807) is 42.9 Å². The van der Waals surface area contributed by atoms with E-state index in [4.69, 9.17) is 4.52 Å². The van der Waals surface area contributed by atoms with Crippen LogP contribution in [0.1, 0.15) is 5.76 Å². The number of rotatable bonds is 2. The van der Waals surface area contributed by atoms with Crippen LogP contribution in [-0.2, 0) is 14.1 Å². The molecule has 0 atom stereocenters. The number of halogens is 1. The smallest absolute Gasteiger partial charge is 0.330 e. The van der Waals surface area contributed by atoms with Crippen molar-refractivity contribution in [1.82, 2.24) is 18.9 Å². The molecule has 0 radical (unpaired) electrons. The molecule has 0 N–H and O–H groups in total. The summed E-state index contributed by atoms with van der Waals surface area (Å²) in [6, 6.07) is 7.52. The van der Waals surface area contributed by atoms with Crippen LogP contribution in [0, 0.1) is 12.7 Å². The third-order valence-corrected chi connectivity index (χ3v) is 4.42. The first-order valence-electron chi connectivity index (χ1n) is 7.89. The van der Waals surface area contributed by atoms with E-state index in [0.717, 1.165) is 4.57 Å². The van der Waals surface area contributed by atoms with Gasteiger partial charge in [0.2, 0.25) is 0 Å². The second-order valence-corrected chi connectivity index (χ2v) is 6.12. The molecule has 0 fully saturated rings. The lowest BCUT2D eigenvalue weighted by atomic mass is 10.1. The molecule has 1 aromatic carbocycles. The third kappa shape index (κ3) is 2.22. The Bertz CT molecular complexity index is 1260. The quantitative estimate of drug-likeness (QED) is 0.553. The third-order valence-electron chi connectivity index (χ3n) is 4.42. The minimum atomic E-state index is -0.429. The average molecular weight is 354 g/mol. The molecule has 0 aliphatic rings. The van der Waals surface area contributed by atoms with E-state index in [1.165, 1.54) is 23.7 Å². The van der Waals surface area contributed by atoms with Crippen LogP contribution in [0.4, 0.5) is 4.39 Å². The summed E-state index contributed by atoms with van der Waals surface area (Å²) in [6.07, 6.45) is 1.66. The van der Waals surface area contributed by atoms with Gasteiger partial charge in [-0.15, -0.1) is 0 Å². The summed E-state index contributed by atoms with van der Waals surface area (Å²) < 4.78 is 22.7. The number of hydrogen-bond acceptors (Lipinski definition) is 4. The standard InChI is InChI=1S/C18H15FN4O3/c1-10-8-14(20-26-10)23-9-13-15(17(24)22(3)18(25)21(13)2)16(23)11-4-6-12(19)7-5-11/h4-9H,1-3H3. The molecule has 132 valence electrons. The molecule has 0 unspecified atom stereocenters. The Kier molecular flexibility index (Phi) is 3.43. The van der Waals surface area contributed by atoms with Crippen molar-refractivity contribution < 1.29 is 8.91 Å². The minimum absolute atomic E-state index is 0.349. The van der Waals surface area contributed by atoms with Gasteiger partial charge in [0, 0.05) is 26.4 Å². The van der Waals surface area contributed by atoms with Gasteiger partial charge in [0.25, 0.3) is 5.56 Å². The van der Waals surface area contributed by atoms with Crippen molar-refractivity contribution >= 4 is 10.9 Å². The summed E-state index contributed by atoms with van der Waals surface area (Å²) in [4.78, 5) is 25.1. The van der Waals surface area contributed by atoms with Gasteiger partial charge < -0.3 is 4.52 Å². The monoisotopic (exact) mass is 354 g/mol. The lowest BCUT2D eigenvalue weighted by Crippen LogP contribution is -2.36. The summed E-state index contributed by atoms with van der Waals surface area (Å²) in [5.74, 6) is 0.686. The maximum absolute atomic E-state index is 13.4. The number of benzene rings is 1. The van der Waals surface area contributed by atoms with E-state index in [-0.39, 0.29) is 5.82 Å². The maximum atomic E-state index is 13.4. The highest BCUT2D eigenvalue weighted by Crippen LogP contribution is 2.30. The number of fused-ring (bicyclic) bond motifs is 1. The van der Waals surface area contributed by atoms with Crippen molar-refractivity contribution in [2.75, 3.05) is 0 Å². The Morgan fingerprint density at radius 2 is 1.77 bits per heavy atom. The normalized spacial score (nSPS) is 11.4. The summed E-state index contributed by atoms with van der Waals surface area (Å²) in [7, 11) is 3.02. The van der Waals surface area contributed by atoms with Gasteiger partial charge in [-0.1, -0.05) is 5.16 Å². The maximum Gasteiger partial charge on any atom is 0.330 e. The molecule has 7 nitrogen and oxygen atoms in total. The second-order valence-electron chi connectivity index (χ2n) is 6.12. The molecule has 26 heavy (non-hydrogen) atoms. The molecule has 0 amide bonds. The number of nitrogens with zero attached hydrogens (tertiary/aromatic N) is 4. The van der Waals surface area contributed by atoms with Crippen LogP contribution in [0.2, 0.25) is 0 Å². The van der Waals surface area contributed by atoms with Crippen LogP contribution in [0.25, 0.3) is 28.0 Å². The first-order valence-corrected chi connectivity index (χ1v) is 7.89. The molecule has 0 spiro atoms. The van der Waals surface area contributed by atoms with Crippen molar-refractivity contribution in [1.29, 1.82) is 0 Å². The van der Waals surface area contributed by atoms with Gasteiger partial charge in [-0.05, 0) is 36.8 Å². The Labute approximate surface area is 146 Å². The van der Waals surface area contributed by atoms with Crippen molar-refractivity contribution in [3.05, 3.63) is 68.9 Å². The van der Waals surface area contributed by atoms with Gasteiger partial charge in [-0.3, -0.25) is 18.5 Å². The van der Waals surface area contributed by atoms with Crippen LogP contribution in [0.5, 0.6) is 0 Å². The lowest BCUT2D eigenvalue weighted by Gasteiger charge is -2.07. The summed E-state index contributed by atoms with van der Waals surface area (Å²) >= 11 is 0. The fourth-order valence-corrected chi connectivity index (χ4v) is 3.08. The molecular formula is C18H15FN4O3. The van der Waals surface area contributed by atoms with Crippen LogP contribution < -0.4 is 11.2 Å². The fourth-order valence-electron chi connectivity index (χ4n) is 3.08. The number of hydrogen-bond donors (Lipinski definition) is 0. The zero-order valence-electron chi connectivity index (χ0n) is 14.4. The molecule has 0 saturated carbocycles. The summed E-state index contributed by atoms with van der Waals surface area (Å²) in [6.45, 7) is 1.76. The minimum Gasteiger partial charge on any atom is -0.360 e. The van der Waals surface area contributed by atoms with Gasteiger partial charge in [-0.2, -0.15) is 0 Å². The van der Waals surface area contributed by atoms with Gasteiger partial charge in [0.05, 0.1) is 16.6 Å². The van der Waals surface area contributed by atoms with Crippen LogP contribution in [-0.4, -0.2) is 18.9 Å². The molecule has 0 aliphatic heterocycles. The van der Waals surface area contributed by atoms with E-state index in [2.05, 4.69) is 5.16 Å². The van der Waals surface area contributed by atoms with Crippen molar-refractivity contribution in [3.63, 3.8) is 0 Å². The molecule has 0 saturated heterocycles. The molecular weight excluding hydrogens is 339 g/mol. The molecule has 0 aliphatic carbocycles. The Morgan fingerprint density at radius 3 is 2.38 bits per heavy atom. The van der Waals surface area contributed by atoms with Gasteiger partial charge >= 0.3 is 5.69 Å². The molecule has 8 heteroatoms. The Morgan fingerprint density at radius 1 is 1.08 bits per heavy atom. The van der Waals surface area contributed by atoms with Gasteiger partial charge in [0.15, 0.2) is 5.82 Å². The molecule has 3 heterocycles. The van der Waals surface area contributed by atoms with Gasteiger partial charge in [0.1, 0.15) is 11.6 Å². The molecule has 4 aromatic rings. The predicted octanol–water partition coefficient (Wildman–Crippen LogP) is 2.13. The average Bonchev–Trinajstić information content (AvgIpc) is 3.22. The fraction of sp³-hybridized carbons (Fsp3) is 0.167. The first kappa shape index (κ1) is 16.1. The summed E-state index contributed by atoms with van der Waals surface area (Å²) in [5, 5.41) is 4.36. The van der Waals surface area contributed by atoms with Crippen LogP contribution in [0.15, 0.2) is 50.6 Å².